The van der Waals surface area contributed by atoms with E-state index in [9.17, 15) is 13.2 Å². The lowest BCUT2D eigenvalue weighted by Crippen LogP contribution is -2.34. The van der Waals surface area contributed by atoms with Crippen molar-refractivity contribution in [2.24, 2.45) is 0 Å². The molecule has 0 amide bonds. The topological polar surface area (TPSA) is 74.7 Å². The maximum atomic E-state index is 13.2. The number of carboxylic acids is 1. The molecule has 1 N–H and O–H groups in total. The van der Waals surface area contributed by atoms with Crippen LogP contribution in [0.1, 0.15) is 31.7 Å². The van der Waals surface area contributed by atoms with E-state index in [0.29, 0.717) is 5.69 Å². The van der Waals surface area contributed by atoms with E-state index >= 15 is 0 Å². The Morgan fingerprint density at radius 3 is 2.35 bits per heavy atom. The fourth-order valence-electron chi connectivity index (χ4n) is 2.53. The third-order valence-corrected chi connectivity index (χ3v) is 6.38. The molecule has 26 heavy (non-hydrogen) atoms. The number of benzene rings is 2. The molecule has 0 aliphatic rings. The zero-order chi connectivity index (χ0) is 19.5. The zero-order valence-electron chi connectivity index (χ0n) is 14.3. The first-order valence-corrected chi connectivity index (χ1v) is 10.1. The van der Waals surface area contributed by atoms with Gasteiger partial charge in [-0.05, 0) is 35.7 Å². The van der Waals surface area contributed by atoms with E-state index in [2.05, 4.69) is 0 Å². The van der Waals surface area contributed by atoms with Crippen LogP contribution in [0.4, 0.5) is 5.69 Å². The van der Waals surface area contributed by atoms with Gasteiger partial charge in [0.15, 0.2) is 0 Å². The smallest absolute Gasteiger partial charge is 0.305 e. The highest BCUT2D eigenvalue weighted by Crippen LogP contribution is 2.33. The monoisotopic (exact) mass is 415 g/mol. The van der Waals surface area contributed by atoms with Crippen molar-refractivity contribution in [1.29, 1.82) is 0 Å². The van der Waals surface area contributed by atoms with Crippen LogP contribution < -0.4 is 4.31 Å². The van der Waals surface area contributed by atoms with E-state index < -0.39 is 16.0 Å². The van der Waals surface area contributed by atoms with E-state index in [1.54, 1.807) is 12.1 Å². The summed E-state index contributed by atoms with van der Waals surface area (Å²) in [5, 5.41) is 9.40. The Hall–Kier alpha value is -1.76. The fraction of sp³-hybridized carbons (Fsp3) is 0.278. The molecule has 0 saturated heterocycles. The van der Waals surface area contributed by atoms with Crippen LogP contribution in [0.5, 0.6) is 0 Å². The van der Waals surface area contributed by atoms with Crippen molar-refractivity contribution < 1.29 is 18.3 Å². The third kappa shape index (κ3) is 4.50. The van der Waals surface area contributed by atoms with Gasteiger partial charge in [-0.25, -0.2) is 8.42 Å². The number of para-hydroxylation sites is 1. The molecule has 0 heterocycles. The summed E-state index contributed by atoms with van der Waals surface area (Å²) in [6.45, 7) is 3.70. The molecule has 0 unspecified atom stereocenters. The highest BCUT2D eigenvalue weighted by atomic mass is 35.5. The summed E-state index contributed by atoms with van der Waals surface area (Å²) in [4.78, 5) is 11.0. The molecule has 0 aliphatic heterocycles. The highest BCUT2D eigenvalue weighted by Gasteiger charge is 2.28. The first-order chi connectivity index (χ1) is 12.1. The first kappa shape index (κ1) is 20.6. The third-order valence-electron chi connectivity index (χ3n) is 3.84. The number of rotatable bonds is 7. The van der Waals surface area contributed by atoms with Crippen molar-refractivity contribution in [3.8, 4) is 0 Å². The van der Waals surface area contributed by atoms with Crippen molar-refractivity contribution >= 4 is 44.9 Å². The first-order valence-electron chi connectivity index (χ1n) is 7.93. The van der Waals surface area contributed by atoms with Crippen LogP contribution in [0.15, 0.2) is 47.4 Å². The summed E-state index contributed by atoms with van der Waals surface area (Å²) in [5.41, 5.74) is 1.26. The average Bonchev–Trinajstić information content (AvgIpc) is 2.57. The Kier molecular flexibility index (Phi) is 6.55. The van der Waals surface area contributed by atoms with Gasteiger partial charge in [-0.15, -0.1) is 0 Å². The number of sulfonamides is 1. The SMILES string of the molecule is CC(C)c1ccccc1N(CCC(=O)O)S(=O)(=O)c1ccc(Cl)c(Cl)c1. The van der Waals surface area contributed by atoms with Gasteiger partial charge in [0.25, 0.3) is 10.0 Å². The summed E-state index contributed by atoms with van der Waals surface area (Å²) in [6, 6.07) is 11.1. The molecule has 0 spiro atoms. The lowest BCUT2D eigenvalue weighted by Gasteiger charge is -2.27. The Balaban J connectivity index is 2.60. The lowest BCUT2D eigenvalue weighted by atomic mass is 10.0. The van der Waals surface area contributed by atoms with Crippen molar-refractivity contribution in [3.63, 3.8) is 0 Å². The van der Waals surface area contributed by atoms with Crippen LogP contribution in [0, 0.1) is 0 Å². The quantitative estimate of drug-likeness (QED) is 0.705. The number of aliphatic carboxylic acids is 1. The minimum atomic E-state index is -4.02. The Bertz CT molecular complexity index is 913. The normalized spacial score (nSPS) is 11.6. The summed E-state index contributed by atoms with van der Waals surface area (Å²) in [5.74, 6) is -1.02. The van der Waals surface area contributed by atoms with Gasteiger partial charge >= 0.3 is 5.97 Å². The predicted molar refractivity (Wildman–Crippen MR) is 104 cm³/mol. The molecule has 0 aromatic heterocycles. The minimum absolute atomic E-state index is 0.0455. The maximum absolute atomic E-state index is 13.2. The van der Waals surface area contributed by atoms with Crippen molar-refractivity contribution in [2.45, 2.75) is 31.1 Å². The molecule has 5 nitrogen and oxygen atoms in total. The molecule has 0 atom stereocenters. The lowest BCUT2D eigenvalue weighted by molar-refractivity contribution is -0.136. The molecular formula is C18H19Cl2NO4S. The maximum Gasteiger partial charge on any atom is 0.305 e. The second-order valence-corrected chi connectivity index (χ2v) is 8.69. The molecule has 0 bridgehead atoms. The van der Waals surface area contributed by atoms with Crippen LogP contribution in [0.3, 0.4) is 0 Å². The van der Waals surface area contributed by atoms with E-state index in [4.69, 9.17) is 28.3 Å². The highest BCUT2D eigenvalue weighted by molar-refractivity contribution is 7.92. The summed E-state index contributed by atoms with van der Waals surface area (Å²) in [7, 11) is -4.02. The fourth-order valence-corrected chi connectivity index (χ4v) is 4.42. The Morgan fingerprint density at radius 1 is 1.12 bits per heavy atom. The van der Waals surface area contributed by atoms with Crippen LogP contribution in [0.2, 0.25) is 10.0 Å². The molecular weight excluding hydrogens is 397 g/mol. The van der Waals surface area contributed by atoms with Crippen LogP contribution in [0.25, 0.3) is 0 Å². The van der Waals surface area contributed by atoms with E-state index in [0.717, 1.165) is 9.87 Å². The van der Waals surface area contributed by atoms with Gasteiger partial charge in [-0.2, -0.15) is 0 Å². The number of hydrogen-bond donors (Lipinski definition) is 1. The van der Waals surface area contributed by atoms with Crippen molar-refractivity contribution in [1.82, 2.24) is 0 Å². The van der Waals surface area contributed by atoms with Crippen molar-refractivity contribution in [3.05, 3.63) is 58.1 Å². The van der Waals surface area contributed by atoms with Gasteiger partial charge < -0.3 is 5.11 Å². The van der Waals surface area contributed by atoms with Gasteiger partial charge in [-0.3, -0.25) is 9.10 Å². The van der Waals surface area contributed by atoms with Gasteiger partial charge in [0, 0.05) is 6.54 Å². The summed E-state index contributed by atoms with van der Waals surface area (Å²) in [6.07, 6.45) is -0.326. The number of hydrogen-bond acceptors (Lipinski definition) is 3. The molecule has 140 valence electrons. The van der Waals surface area contributed by atoms with Gasteiger partial charge in [0.05, 0.1) is 27.0 Å². The molecule has 0 fully saturated rings. The largest absolute Gasteiger partial charge is 0.481 e. The average molecular weight is 416 g/mol. The second-order valence-electron chi connectivity index (χ2n) is 6.01. The van der Waals surface area contributed by atoms with Gasteiger partial charge in [0.2, 0.25) is 0 Å². The standard InChI is InChI=1S/C18H19Cl2NO4S/c1-12(2)14-5-3-4-6-17(14)21(10-9-18(22)23)26(24,25)13-7-8-15(19)16(20)11-13/h3-8,11-12H,9-10H2,1-2H3,(H,22,23). The summed E-state index contributed by atoms with van der Waals surface area (Å²) >= 11 is 11.8. The van der Waals surface area contributed by atoms with E-state index in [-0.39, 0.29) is 33.8 Å². The van der Waals surface area contributed by atoms with Crippen LogP contribution >= 0.6 is 23.2 Å². The number of halogens is 2. The van der Waals surface area contributed by atoms with Crippen LogP contribution in [-0.4, -0.2) is 26.0 Å². The van der Waals surface area contributed by atoms with E-state index in [1.807, 2.05) is 26.0 Å². The Morgan fingerprint density at radius 2 is 1.77 bits per heavy atom. The number of nitrogens with zero attached hydrogens (tertiary/aromatic N) is 1. The minimum Gasteiger partial charge on any atom is -0.481 e. The second kappa shape index (κ2) is 8.29. The number of carbonyl (C=O) groups is 1. The number of carboxylic acid groups (broad SMARTS) is 1. The molecule has 0 aliphatic carbocycles. The van der Waals surface area contributed by atoms with E-state index in [1.165, 1.54) is 18.2 Å². The molecule has 2 rings (SSSR count). The Labute approximate surface area is 163 Å². The predicted octanol–water partition coefficient (Wildman–Crippen LogP) is 4.79. The molecule has 2 aromatic carbocycles. The number of anilines is 1. The molecule has 0 saturated carbocycles. The molecule has 2 aromatic rings. The van der Waals surface area contributed by atoms with Gasteiger partial charge in [0.1, 0.15) is 0 Å². The van der Waals surface area contributed by atoms with Crippen molar-refractivity contribution in [2.75, 3.05) is 10.8 Å². The zero-order valence-corrected chi connectivity index (χ0v) is 16.6. The molecule has 8 heteroatoms. The molecule has 0 radical (unpaired) electrons. The summed E-state index contributed by atoms with van der Waals surface area (Å²) < 4.78 is 27.6. The van der Waals surface area contributed by atoms with Gasteiger partial charge in [-0.1, -0.05) is 55.2 Å². The van der Waals surface area contributed by atoms with Crippen LogP contribution in [-0.2, 0) is 14.8 Å².